The van der Waals surface area contributed by atoms with Crippen LogP contribution in [0.1, 0.15) is 25.7 Å². The molecule has 0 unspecified atom stereocenters. The van der Waals surface area contributed by atoms with Gasteiger partial charge in [-0.05, 0) is 49.6 Å². The topological polar surface area (TPSA) is 81.8 Å². The molecular weight excluding hydrogens is 400 g/mol. The van der Waals surface area contributed by atoms with Gasteiger partial charge in [0, 0.05) is 44.6 Å². The highest BCUT2D eigenvalue weighted by Crippen LogP contribution is 2.22. The van der Waals surface area contributed by atoms with E-state index in [4.69, 9.17) is 0 Å². The molecule has 0 saturated carbocycles. The minimum Gasteiger partial charge on any atom is -0.375 e. The predicted molar refractivity (Wildman–Crippen MR) is 120 cm³/mol. The first-order chi connectivity index (χ1) is 14.5. The Bertz CT molecular complexity index is 928. The van der Waals surface area contributed by atoms with Gasteiger partial charge in [-0.1, -0.05) is 30.7 Å². The lowest BCUT2D eigenvalue weighted by atomic mass is 10.2. The van der Waals surface area contributed by atoms with Crippen molar-refractivity contribution in [1.82, 2.24) is 9.62 Å². The number of piperidine rings is 1. The van der Waals surface area contributed by atoms with Crippen molar-refractivity contribution < 1.29 is 13.2 Å². The van der Waals surface area contributed by atoms with Gasteiger partial charge >= 0.3 is 6.03 Å². The number of rotatable bonds is 8. The number of amides is 2. The van der Waals surface area contributed by atoms with Crippen LogP contribution in [0.2, 0.25) is 0 Å². The van der Waals surface area contributed by atoms with E-state index in [1.54, 1.807) is 18.2 Å². The van der Waals surface area contributed by atoms with Crippen LogP contribution in [-0.4, -0.2) is 52.0 Å². The van der Waals surface area contributed by atoms with E-state index in [1.165, 1.54) is 10.4 Å². The van der Waals surface area contributed by atoms with Gasteiger partial charge in [0.15, 0.2) is 0 Å². The summed E-state index contributed by atoms with van der Waals surface area (Å²) in [5.74, 6) is 0. The van der Waals surface area contributed by atoms with Crippen molar-refractivity contribution in [1.29, 1.82) is 0 Å². The van der Waals surface area contributed by atoms with Crippen molar-refractivity contribution >= 4 is 27.4 Å². The van der Waals surface area contributed by atoms with Gasteiger partial charge in [0.2, 0.25) is 10.0 Å². The highest BCUT2D eigenvalue weighted by atomic mass is 32.2. The molecule has 0 bridgehead atoms. The van der Waals surface area contributed by atoms with Gasteiger partial charge in [-0.25, -0.2) is 13.2 Å². The Kier molecular flexibility index (Phi) is 7.70. The number of nitrogens with zero attached hydrogens (tertiary/aromatic N) is 2. The molecule has 30 heavy (non-hydrogen) atoms. The maximum atomic E-state index is 12.8. The molecule has 0 radical (unpaired) electrons. The van der Waals surface area contributed by atoms with E-state index in [1.807, 2.05) is 37.4 Å². The highest BCUT2D eigenvalue weighted by Gasteiger charge is 2.26. The van der Waals surface area contributed by atoms with Crippen LogP contribution in [0.15, 0.2) is 59.5 Å². The summed E-state index contributed by atoms with van der Waals surface area (Å²) in [6, 6.07) is 16.2. The number of nitrogens with one attached hydrogen (secondary N) is 2. The molecule has 1 saturated heterocycles. The summed E-state index contributed by atoms with van der Waals surface area (Å²) in [7, 11) is -1.50. The second kappa shape index (κ2) is 10.4. The molecule has 0 aromatic heterocycles. The summed E-state index contributed by atoms with van der Waals surface area (Å²) in [5.41, 5.74) is 1.60. The molecule has 7 nitrogen and oxygen atoms in total. The maximum absolute atomic E-state index is 12.8. The van der Waals surface area contributed by atoms with E-state index in [0.717, 1.165) is 37.9 Å². The van der Waals surface area contributed by atoms with E-state index in [-0.39, 0.29) is 10.9 Å². The third kappa shape index (κ3) is 5.96. The van der Waals surface area contributed by atoms with Crippen molar-refractivity contribution in [2.24, 2.45) is 0 Å². The lowest BCUT2D eigenvalue weighted by molar-refractivity contribution is 0.252. The fourth-order valence-electron chi connectivity index (χ4n) is 3.49. The van der Waals surface area contributed by atoms with Gasteiger partial charge in [0.1, 0.15) is 0 Å². The molecule has 2 aromatic carbocycles. The molecular formula is C22H30N4O3S. The summed E-state index contributed by atoms with van der Waals surface area (Å²) < 4.78 is 27.1. The fourth-order valence-corrected chi connectivity index (χ4v) is 5.06. The molecule has 0 aliphatic carbocycles. The van der Waals surface area contributed by atoms with Gasteiger partial charge in [-0.3, -0.25) is 0 Å². The summed E-state index contributed by atoms with van der Waals surface area (Å²) >= 11 is 0. The van der Waals surface area contributed by atoms with Gasteiger partial charge in [0.05, 0.1) is 4.90 Å². The Morgan fingerprint density at radius 3 is 2.50 bits per heavy atom. The third-order valence-corrected chi connectivity index (χ3v) is 7.09. The first-order valence-corrected chi connectivity index (χ1v) is 11.8. The first kappa shape index (κ1) is 22.1. The largest absolute Gasteiger partial charge is 0.375 e. The van der Waals surface area contributed by atoms with Crippen LogP contribution in [0.4, 0.5) is 16.2 Å². The number of hydrogen-bond acceptors (Lipinski definition) is 4. The third-order valence-electron chi connectivity index (χ3n) is 5.20. The van der Waals surface area contributed by atoms with E-state index >= 15 is 0 Å². The number of carbonyl (C=O) groups excluding carboxylic acids is 1. The van der Waals surface area contributed by atoms with E-state index in [2.05, 4.69) is 15.5 Å². The van der Waals surface area contributed by atoms with Crippen LogP contribution in [-0.2, 0) is 10.0 Å². The molecule has 162 valence electrons. The zero-order valence-corrected chi connectivity index (χ0v) is 18.2. The van der Waals surface area contributed by atoms with Crippen molar-refractivity contribution in [2.45, 2.75) is 30.6 Å². The monoisotopic (exact) mass is 430 g/mol. The normalized spacial score (nSPS) is 14.8. The number of benzene rings is 2. The van der Waals surface area contributed by atoms with Crippen LogP contribution < -0.4 is 15.5 Å². The maximum Gasteiger partial charge on any atom is 0.319 e. The zero-order chi connectivity index (χ0) is 21.4. The quantitative estimate of drug-likeness (QED) is 0.628. The van der Waals surface area contributed by atoms with Crippen LogP contribution in [0, 0.1) is 0 Å². The van der Waals surface area contributed by atoms with E-state index in [9.17, 15) is 13.2 Å². The number of urea groups is 1. The number of carbonyl (C=O) groups is 1. The van der Waals surface area contributed by atoms with E-state index < -0.39 is 10.0 Å². The van der Waals surface area contributed by atoms with Crippen molar-refractivity contribution in [3.8, 4) is 0 Å². The SMILES string of the molecule is CN(CCCNC(=O)Nc1cccc(S(=O)(=O)N2CCCCC2)c1)c1ccccc1. The Morgan fingerprint density at radius 2 is 1.77 bits per heavy atom. The molecule has 1 heterocycles. The molecule has 0 spiro atoms. The van der Waals surface area contributed by atoms with Crippen LogP contribution in [0.25, 0.3) is 0 Å². The average molecular weight is 431 g/mol. The van der Waals surface area contributed by atoms with Crippen molar-refractivity contribution in [2.75, 3.05) is 43.4 Å². The van der Waals surface area contributed by atoms with Gasteiger partial charge in [-0.15, -0.1) is 0 Å². The summed E-state index contributed by atoms with van der Waals surface area (Å²) in [6.45, 7) is 2.44. The summed E-state index contributed by atoms with van der Waals surface area (Å²) in [5, 5.41) is 5.55. The molecule has 2 aromatic rings. The van der Waals surface area contributed by atoms with Gasteiger partial charge < -0.3 is 15.5 Å². The minimum atomic E-state index is -3.52. The Balaban J connectivity index is 1.48. The smallest absolute Gasteiger partial charge is 0.319 e. The summed E-state index contributed by atoms with van der Waals surface area (Å²) in [6.07, 6.45) is 3.63. The number of para-hydroxylation sites is 1. The molecule has 2 amide bonds. The summed E-state index contributed by atoms with van der Waals surface area (Å²) in [4.78, 5) is 14.5. The van der Waals surface area contributed by atoms with Crippen LogP contribution in [0.3, 0.4) is 0 Å². The molecule has 0 atom stereocenters. The lowest BCUT2D eigenvalue weighted by Crippen LogP contribution is -2.35. The molecule has 1 fully saturated rings. The molecule has 2 N–H and O–H groups in total. The van der Waals surface area contributed by atoms with Gasteiger partial charge in [0.25, 0.3) is 0 Å². The second-order valence-electron chi connectivity index (χ2n) is 7.48. The molecule has 3 rings (SSSR count). The zero-order valence-electron chi connectivity index (χ0n) is 17.4. The fraction of sp³-hybridized carbons (Fsp3) is 0.409. The number of hydrogen-bond donors (Lipinski definition) is 2. The Labute approximate surface area is 179 Å². The Hall–Kier alpha value is -2.58. The van der Waals surface area contributed by atoms with Gasteiger partial charge in [-0.2, -0.15) is 4.31 Å². The second-order valence-corrected chi connectivity index (χ2v) is 9.42. The lowest BCUT2D eigenvalue weighted by Gasteiger charge is -2.26. The Morgan fingerprint density at radius 1 is 1.03 bits per heavy atom. The molecule has 8 heteroatoms. The number of sulfonamides is 1. The average Bonchev–Trinajstić information content (AvgIpc) is 2.78. The first-order valence-electron chi connectivity index (χ1n) is 10.4. The highest BCUT2D eigenvalue weighted by molar-refractivity contribution is 7.89. The van der Waals surface area contributed by atoms with E-state index in [0.29, 0.717) is 25.3 Å². The standard InChI is InChI=1S/C22H30N4O3S/c1-25(20-11-4-2-5-12-20)15-9-14-23-22(27)24-19-10-8-13-21(18-19)30(28,29)26-16-6-3-7-17-26/h2,4-5,8,10-13,18H,3,6-7,9,14-17H2,1H3,(H2,23,24,27). The molecule has 1 aliphatic heterocycles. The van der Waals surface area contributed by atoms with Crippen molar-refractivity contribution in [3.63, 3.8) is 0 Å². The minimum absolute atomic E-state index is 0.215. The van der Waals surface area contributed by atoms with Crippen molar-refractivity contribution in [3.05, 3.63) is 54.6 Å². The molecule has 1 aliphatic rings. The van der Waals surface area contributed by atoms with Crippen LogP contribution in [0.5, 0.6) is 0 Å². The predicted octanol–water partition coefficient (Wildman–Crippen LogP) is 3.51. The number of anilines is 2. The van der Waals surface area contributed by atoms with Crippen LogP contribution >= 0.6 is 0 Å².